The summed E-state index contributed by atoms with van der Waals surface area (Å²) in [5, 5.41) is 1.14. The SMILES string of the molecule is CS(=O)(=O)Nc1cc2c(cc1Sc1ncc(Cl)cc1Cl)C(=O)CO2. The van der Waals surface area contributed by atoms with Crippen molar-refractivity contribution in [1.82, 2.24) is 4.98 Å². The van der Waals surface area contributed by atoms with E-state index >= 15 is 0 Å². The maximum atomic E-state index is 11.8. The van der Waals surface area contributed by atoms with Crippen LogP contribution in [0.3, 0.4) is 0 Å². The Morgan fingerprint density at radius 3 is 2.71 bits per heavy atom. The topological polar surface area (TPSA) is 85.4 Å². The molecule has 0 fully saturated rings. The second-order valence-electron chi connectivity index (χ2n) is 4.97. The average Bonchev–Trinajstić information content (AvgIpc) is 2.81. The molecule has 2 aromatic rings. The van der Waals surface area contributed by atoms with Crippen LogP contribution in [0.1, 0.15) is 10.4 Å². The van der Waals surface area contributed by atoms with Gasteiger partial charge in [-0.1, -0.05) is 35.0 Å². The molecule has 0 atom stereocenters. The summed E-state index contributed by atoms with van der Waals surface area (Å²) in [7, 11) is -3.52. The fourth-order valence-corrected chi connectivity index (χ4v) is 4.06. The Morgan fingerprint density at radius 2 is 2.04 bits per heavy atom. The number of ether oxygens (including phenoxy) is 1. The standard InChI is InChI=1S/C14H10Cl2N2O4S2/c1-24(20,21)18-10-4-12-8(11(19)6-22-12)3-13(10)23-14-9(16)2-7(15)5-17-14/h2-5,18H,6H2,1H3. The summed E-state index contributed by atoms with van der Waals surface area (Å²) in [6.45, 7) is -0.0677. The van der Waals surface area contributed by atoms with Crippen molar-refractivity contribution in [3.8, 4) is 5.75 Å². The second kappa shape index (κ2) is 6.44. The van der Waals surface area contributed by atoms with Crippen molar-refractivity contribution in [3.63, 3.8) is 0 Å². The zero-order chi connectivity index (χ0) is 17.5. The molecule has 24 heavy (non-hydrogen) atoms. The number of hydrogen-bond acceptors (Lipinski definition) is 6. The molecule has 0 unspecified atom stereocenters. The summed E-state index contributed by atoms with van der Waals surface area (Å²) in [5.74, 6) is 0.165. The molecule has 3 rings (SSSR count). The lowest BCUT2D eigenvalue weighted by molar-refractivity contribution is 0.0961. The number of sulfonamides is 1. The predicted octanol–water partition coefficient (Wildman–Crippen LogP) is 3.49. The molecule has 10 heteroatoms. The first kappa shape index (κ1) is 17.3. The van der Waals surface area contributed by atoms with Crippen LogP contribution in [0.25, 0.3) is 0 Å². The maximum absolute atomic E-state index is 11.8. The van der Waals surface area contributed by atoms with Crippen LogP contribution in [0.2, 0.25) is 10.0 Å². The normalized spacial score (nSPS) is 13.5. The van der Waals surface area contributed by atoms with Crippen molar-refractivity contribution in [1.29, 1.82) is 0 Å². The molecule has 0 radical (unpaired) electrons. The van der Waals surface area contributed by atoms with E-state index in [0.717, 1.165) is 18.0 Å². The van der Waals surface area contributed by atoms with Gasteiger partial charge < -0.3 is 4.74 Å². The smallest absolute Gasteiger partial charge is 0.229 e. The molecule has 6 nitrogen and oxygen atoms in total. The molecule has 0 bridgehead atoms. The monoisotopic (exact) mass is 404 g/mol. The Labute approximate surface area is 152 Å². The third kappa shape index (κ3) is 3.77. The van der Waals surface area contributed by atoms with E-state index in [1.807, 2.05) is 0 Å². The van der Waals surface area contributed by atoms with E-state index in [9.17, 15) is 13.2 Å². The van der Waals surface area contributed by atoms with Gasteiger partial charge in [0.1, 0.15) is 10.8 Å². The maximum Gasteiger partial charge on any atom is 0.229 e. The first-order valence-corrected chi connectivity index (χ1v) is 10.00. The molecule has 0 saturated heterocycles. The Hall–Kier alpha value is -1.48. The van der Waals surface area contributed by atoms with Crippen LogP contribution in [-0.4, -0.2) is 32.0 Å². The molecule has 0 spiro atoms. The van der Waals surface area contributed by atoms with Crippen LogP contribution in [0.4, 0.5) is 5.69 Å². The lowest BCUT2D eigenvalue weighted by Gasteiger charge is -2.12. The summed E-state index contributed by atoms with van der Waals surface area (Å²) >= 11 is 13.1. The van der Waals surface area contributed by atoms with E-state index in [4.69, 9.17) is 27.9 Å². The summed E-state index contributed by atoms with van der Waals surface area (Å²) in [4.78, 5) is 16.5. The van der Waals surface area contributed by atoms with Crippen molar-refractivity contribution in [2.24, 2.45) is 0 Å². The van der Waals surface area contributed by atoms with Crippen LogP contribution in [0, 0.1) is 0 Å². The highest BCUT2D eigenvalue weighted by Crippen LogP contribution is 2.41. The van der Waals surface area contributed by atoms with Gasteiger partial charge in [-0.2, -0.15) is 0 Å². The van der Waals surface area contributed by atoms with Crippen molar-refractivity contribution in [2.75, 3.05) is 17.6 Å². The Balaban J connectivity index is 2.07. The number of ketones is 1. The fourth-order valence-electron chi connectivity index (χ4n) is 2.06. The van der Waals surface area contributed by atoms with E-state index in [0.29, 0.717) is 31.3 Å². The number of halogens is 2. The molecule has 1 aliphatic rings. The number of carbonyl (C=O) groups is 1. The van der Waals surface area contributed by atoms with E-state index in [2.05, 4.69) is 9.71 Å². The van der Waals surface area contributed by atoms with E-state index in [-0.39, 0.29) is 18.1 Å². The molecular weight excluding hydrogens is 395 g/mol. The van der Waals surface area contributed by atoms with Crippen LogP contribution in [-0.2, 0) is 10.0 Å². The van der Waals surface area contributed by atoms with Gasteiger partial charge in [0.2, 0.25) is 15.8 Å². The predicted molar refractivity (Wildman–Crippen MR) is 93.1 cm³/mol. The Bertz CT molecular complexity index is 948. The molecule has 0 saturated carbocycles. The number of nitrogens with one attached hydrogen (secondary N) is 1. The van der Waals surface area contributed by atoms with E-state index < -0.39 is 10.0 Å². The highest BCUT2D eigenvalue weighted by atomic mass is 35.5. The van der Waals surface area contributed by atoms with Crippen LogP contribution >= 0.6 is 35.0 Å². The van der Waals surface area contributed by atoms with E-state index in [1.54, 1.807) is 6.07 Å². The molecule has 1 aromatic heterocycles. The summed E-state index contributed by atoms with van der Waals surface area (Å²) in [5.41, 5.74) is 0.672. The highest BCUT2D eigenvalue weighted by molar-refractivity contribution is 7.99. The molecule has 1 N–H and O–H groups in total. The van der Waals surface area contributed by atoms with Crippen molar-refractivity contribution < 1.29 is 17.9 Å². The number of rotatable bonds is 4. The summed E-state index contributed by atoms with van der Waals surface area (Å²) in [6.07, 6.45) is 2.47. The molecule has 1 aliphatic heterocycles. The number of Topliss-reactive ketones (excluding diaryl/α,β-unsaturated/α-hetero) is 1. The van der Waals surface area contributed by atoms with Gasteiger partial charge in [0.05, 0.1) is 27.6 Å². The molecule has 126 valence electrons. The van der Waals surface area contributed by atoms with Gasteiger partial charge in [0.15, 0.2) is 6.61 Å². The number of pyridine rings is 1. The van der Waals surface area contributed by atoms with Gasteiger partial charge in [-0.3, -0.25) is 9.52 Å². The summed E-state index contributed by atoms with van der Waals surface area (Å²) in [6, 6.07) is 4.58. The van der Waals surface area contributed by atoms with Crippen LogP contribution in [0.15, 0.2) is 34.3 Å². The number of nitrogens with zero attached hydrogens (tertiary/aromatic N) is 1. The molecular formula is C14H10Cl2N2O4S2. The number of hydrogen-bond donors (Lipinski definition) is 1. The molecule has 0 amide bonds. The third-order valence-electron chi connectivity index (χ3n) is 3.02. The number of anilines is 1. The zero-order valence-corrected chi connectivity index (χ0v) is 15.3. The third-order valence-corrected chi connectivity index (χ3v) is 5.29. The van der Waals surface area contributed by atoms with E-state index in [1.165, 1.54) is 18.3 Å². The molecule has 1 aromatic carbocycles. The van der Waals surface area contributed by atoms with Crippen molar-refractivity contribution in [3.05, 3.63) is 40.0 Å². The van der Waals surface area contributed by atoms with Gasteiger partial charge in [-0.05, 0) is 12.1 Å². The zero-order valence-electron chi connectivity index (χ0n) is 12.2. The minimum Gasteiger partial charge on any atom is -0.485 e. The number of aromatic nitrogens is 1. The number of benzene rings is 1. The van der Waals surface area contributed by atoms with Gasteiger partial charge in [0, 0.05) is 17.2 Å². The van der Waals surface area contributed by atoms with Crippen LogP contribution in [0.5, 0.6) is 5.75 Å². The van der Waals surface area contributed by atoms with Gasteiger partial charge >= 0.3 is 0 Å². The average molecular weight is 405 g/mol. The minimum atomic E-state index is -3.52. The highest BCUT2D eigenvalue weighted by Gasteiger charge is 2.25. The van der Waals surface area contributed by atoms with Gasteiger partial charge in [-0.25, -0.2) is 13.4 Å². The minimum absolute atomic E-state index is 0.0677. The van der Waals surface area contributed by atoms with Gasteiger partial charge in [0.25, 0.3) is 0 Å². The van der Waals surface area contributed by atoms with Crippen molar-refractivity contribution >= 4 is 56.5 Å². The van der Waals surface area contributed by atoms with Crippen LogP contribution < -0.4 is 9.46 Å². The first-order valence-electron chi connectivity index (χ1n) is 6.53. The molecule has 0 aliphatic carbocycles. The number of carbonyl (C=O) groups excluding carboxylic acids is 1. The first-order chi connectivity index (χ1) is 11.2. The Kier molecular flexibility index (Phi) is 4.65. The fraction of sp³-hybridized carbons (Fsp3) is 0.143. The lowest BCUT2D eigenvalue weighted by Crippen LogP contribution is -2.10. The van der Waals surface area contributed by atoms with Gasteiger partial charge in [-0.15, -0.1) is 0 Å². The lowest BCUT2D eigenvalue weighted by atomic mass is 10.1. The number of fused-ring (bicyclic) bond motifs is 1. The quantitative estimate of drug-likeness (QED) is 0.838. The molecule has 2 heterocycles. The summed E-state index contributed by atoms with van der Waals surface area (Å²) < 4.78 is 30.9. The van der Waals surface area contributed by atoms with Crippen molar-refractivity contribution in [2.45, 2.75) is 9.92 Å². The Morgan fingerprint density at radius 1 is 1.29 bits per heavy atom. The second-order valence-corrected chi connectivity index (χ2v) is 8.60. The largest absolute Gasteiger partial charge is 0.485 e.